The summed E-state index contributed by atoms with van der Waals surface area (Å²) in [7, 11) is 4.01. The number of aromatic nitrogens is 2. The molecule has 1 fully saturated rings. The summed E-state index contributed by atoms with van der Waals surface area (Å²) in [6.07, 6.45) is 5.35. The van der Waals surface area contributed by atoms with Gasteiger partial charge in [-0.25, -0.2) is 0 Å². The lowest BCUT2D eigenvalue weighted by Gasteiger charge is -2.29. The molecule has 0 aromatic carbocycles. The third kappa shape index (κ3) is 2.83. The normalized spacial score (nSPS) is 19.9. The highest BCUT2D eigenvalue weighted by atomic mass is 16.5. The van der Waals surface area contributed by atoms with Crippen molar-refractivity contribution in [3.8, 4) is 0 Å². The summed E-state index contributed by atoms with van der Waals surface area (Å²) in [5.41, 5.74) is 1.17. The van der Waals surface area contributed by atoms with E-state index in [-0.39, 0.29) is 0 Å². The topological polar surface area (TPSA) is 39.1 Å². The van der Waals surface area contributed by atoms with Crippen LogP contribution in [-0.2, 0) is 18.2 Å². The highest BCUT2D eigenvalue weighted by Crippen LogP contribution is 2.20. The van der Waals surface area contributed by atoms with Crippen molar-refractivity contribution in [1.29, 1.82) is 0 Å². The standard InChI is InChI=1S/C12H21N3O/c1-13-12(10-4-7-16-8-5-10)9-11-3-6-15(2)14-11/h3,6,10,12-13H,4-5,7-9H2,1-2H3. The summed E-state index contributed by atoms with van der Waals surface area (Å²) < 4.78 is 7.27. The van der Waals surface area contributed by atoms with Crippen LogP contribution in [0, 0.1) is 5.92 Å². The van der Waals surface area contributed by atoms with Crippen LogP contribution in [0.4, 0.5) is 0 Å². The van der Waals surface area contributed by atoms with Gasteiger partial charge in [-0.05, 0) is 31.9 Å². The van der Waals surface area contributed by atoms with E-state index in [0.29, 0.717) is 6.04 Å². The summed E-state index contributed by atoms with van der Waals surface area (Å²) in [6, 6.07) is 2.63. The van der Waals surface area contributed by atoms with E-state index in [0.717, 1.165) is 25.6 Å². The predicted molar refractivity (Wildman–Crippen MR) is 63.3 cm³/mol. The van der Waals surface area contributed by atoms with Gasteiger partial charge in [-0.2, -0.15) is 5.10 Å². The van der Waals surface area contributed by atoms with E-state index >= 15 is 0 Å². The third-order valence-electron chi connectivity index (χ3n) is 3.40. The van der Waals surface area contributed by atoms with Gasteiger partial charge in [0.15, 0.2) is 0 Å². The minimum atomic E-state index is 0.527. The average Bonchev–Trinajstić information content (AvgIpc) is 2.73. The summed E-state index contributed by atoms with van der Waals surface area (Å²) in [5, 5.41) is 7.86. The number of aryl methyl sites for hydroxylation is 1. The van der Waals surface area contributed by atoms with E-state index in [2.05, 4.69) is 16.5 Å². The van der Waals surface area contributed by atoms with Gasteiger partial charge in [0.25, 0.3) is 0 Å². The maximum Gasteiger partial charge on any atom is 0.0640 e. The average molecular weight is 223 g/mol. The monoisotopic (exact) mass is 223 g/mol. The molecule has 0 aliphatic carbocycles. The number of hydrogen-bond acceptors (Lipinski definition) is 3. The van der Waals surface area contributed by atoms with Crippen molar-refractivity contribution >= 4 is 0 Å². The Bertz CT molecular complexity index is 318. The van der Waals surface area contributed by atoms with Gasteiger partial charge in [0.2, 0.25) is 0 Å². The fourth-order valence-corrected chi connectivity index (χ4v) is 2.42. The number of rotatable bonds is 4. The van der Waals surface area contributed by atoms with Gasteiger partial charge in [0.05, 0.1) is 5.69 Å². The van der Waals surface area contributed by atoms with E-state index in [1.165, 1.54) is 18.5 Å². The van der Waals surface area contributed by atoms with Crippen LogP contribution < -0.4 is 5.32 Å². The van der Waals surface area contributed by atoms with Gasteiger partial charge in [-0.15, -0.1) is 0 Å². The van der Waals surface area contributed by atoms with E-state index in [4.69, 9.17) is 4.74 Å². The molecule has 1 atom stereocenters. The van der Waals surface area contributed by atoms with Crippen LogP contribution in [-0.4, -0.2) is 36.1 Å². The molecule has 1 aromatic heterocycles. The number of hydrogen-bond donors (Lipinski definition) is 1. The van der Waals surface area contributed by atoms with Crippen molar-refractivity contribution < 1.29 is 4.74 Å². The Morgan fingerprint density at radius 3 is 2.88 bits per heavy atom. The van der Waals surface area contributed by atoms with E-state index in [1.54, 1.807) is 0 Å². The number of likely N-dealkylation sites (N-methyl/N-ethyl adjacent to an activating group) is 1. The first-order valence-electron chi connectivity index (χ1n) is 6.03. The lowest BCUT2D eigenvalue weighted by Crippen LogP contribution is -2.38. The van der Waals surface area contributed by atoms with Crippen LogP contribution in [0.5, 0.6) is 0 Å². The molecule has 0 amide bonds. The Balaban J connectivity index is 1.94. The zero-order valence-corrected chi connectivity index (χ0v) is 10.1. The van der Waals surface area contributed by atoms with Gasteiger partial charge < -0.3 is 10.1 Å². The predicted octanol–water partition coefficient (Wildman–Crippen LogP) is 0.977. The summed E-state index contributed by atoms with van der Waals surface area (Å²) in [4.78, 5) is 0. The molecule has 2 rings (SSSR count). The Hall–Kier alpha value is -0.870. The van der Waals surface area contributed by atoms with Crippen molar-refractivity contribution in [3.63, 3.8) is 0 Å². The second kappa shape index (κ2) is 5.46. The van der Waals surface area contributed by atoms with Crippen molar-refractivity contribution in [2.45, 2.75) is 25.3 Å². The SMILES string of the molecule is CNC(Cc1ccn(C)n1)C1CCOCC1. The molecular weight excluding hydrogens is 202 g/mol. The van der Waals surface area contributed by atoms with Gasteiger partial charge in [0, 0.05) is 38.9 Å². The number of ether oxygens (including phenoxy) is 1. The molecule has 90 valence electrons. The highest BCUT2D eigenvalue weighted by molar-refractivity contribution is 5.02. The molecule has 2 heterocycles. The van der Waals surface area contributed by atoms with Crippen molar-refractivity contribution in [2.24, 2.45) is 13.0 Å². The van der Waals surface area contributed by atoms with Crippen LogP contribution >= 0.6 is 0 Å². The fraction of sp³-hybridized carbons (Fsp3) is 0.750. The smallest absolute Gasteiger partial charge is 0.0640 e. The van der Waals surface area contributed by atoms with Gasteiger partial charge >= 0.3 is 0 Å². The molecule has 0 radical (unpaired) electrons. The molecule has 1 aromatic rings. The van der Waals surface area contributed by atoms with Crippen LogP contribution in [0.3, 0.4) is 0 Å². The van der Waals surface area contributed by atoms with E-state index in [1.807, 2.05) is 25.0 Å². The molecule has 0 spiro atoms. The number of nitrogens with one attached hydrogen (secondary N) is 1. The van der Waals surface area contributed by atoms with Crippen LogP contribution in [0.25, 0.3) is 0 Å². The number of nitrogens with zero attached hydrogens (tertiary/aromatic N) is 2. The maximum atomic E-state index is 5.40. The molecule has 16 heavy (non-hydrogen) atoms. The van der Waals surface area contributed by atoms with Crippen LogP contribution in [0.1, 0.15) is 18.5 Å². The molecule has 4 nitrogen and oxygen atoms in total. The molecule has 1 saturated heterocycles. The minimum Gasteiger partial charge on any atom is -0.381 e. The quantitative estimate of drug-likeness (QED) is 0.827. The van der Waals surface area contributed by atoms with Gasteiger partial charge in [-0.3, -0.25) is 4.68 Å². The van der Waals surface area contributed by atoms with Crippen molar-refractivity contribution in [1.82, 2.24) is 15.1 Å². The zero-order valence-electron chi connectivity index (χ0n) is 10.1. The van der Waals surface area contributed by atoms with E-state index in [9.17, 15) is 0 Å². The summed E-state index contributed by atoms with van der Waals surface area (Å²) in [6.45, 7) is 1.82. The first-order valence-corrected chi connectivity index (χ1v) is 6.03. The second-order valence-electron chi connectivity index (χ2n) is 4.53. The lowest BCUT2D eigenvalue weighted by atomic mass is 9.89. The minimum absolute atomic E-state index is 0.527. The van der Waals surface area contributed by atoms with Crippen LogP contribution in [0.2, 0.25) is 0 Å². The fourth-order valence-electron chi connectivity index (χ4n) is 2.42. The van der Waals surface area contributed by atoms with Gasteiger partial charge in [0.1, 0.15) is 0 Å². The summed E-state index contributed by atoms with van der Waals surface area (Å²) >= 11 is 0. The lowest BCUT2D eigenvalue weighted by molar-refractivity contribution is 0.0546. The van der Waals surface area contributed by atoms with Crippen molar-refractivity contribution in [2.75, 3.05) is 20.3 Å². The maximum absolute atomic E-state index is 5.40. The molecule has 0 saturated carbocycles. The molecule has 0 bridgehead atoms. The van der Waals surface area contributed by atoms with Crippen molar-refractivity contribution in [3.05, 3.63) is 18.0 Å². The first kappa shape index (κ1) is 11.6. The first-order chi connectivity index (χ1) is 7.79. The molecule has 1 aliphatic rings. The zero-order chi connectivity index (χ0) is 11.4. The van der Waals surface area contributed by atoms with Crippen LogP contribution in [0.15, 0.2) is 12.3 Å². The Labute approximate surface area is 97.0 Å². The largest absolute Gasteiger partial charge is 0.381 e. The Morgan fingerprint density at radius 1 is 1.56 bits per heavy atom. The molecule has 1 N–H and O–H groups in total. The van der Waals surface area contributed by atoms with Gasteiger partial charge in [-0.1, -0.05) is 0 Å². The third-order valence-corrected chi connectivity index (χ3v) is 3.40. The molecule has 1 aliphatic heterocycles. The summed E-state index contributed by atoms with van der Waals surface area (Å²) in [5.74, 6) is 0.723. The van der Waals surface area contributed by atoms with E-state index < -0.39 is 0 Å². The Morgan fingerprint density at radius 2 is 2.31 bits per heavy atom. The molecule has 4 heteroatoms. The molecular formula is C12H21N3O. The Kier molecular flexibility index (Phi) is 3.96. The highest BCUT2D eigenvalue weighted by Gasteiger charge is 2.23. The second-order valence-corrected chi connectivity index (χ2v) is 4.53. The molecule has 1 unspecified atom stereocenters.